The smallest absolute Gasteiger partial charge is 0.357 e. The summed E-state index contributed by atoms with van der Waals surface area (Å²) in [7, 11) is 1.95. The van der Waals surface area contributed by atoms with Crippen LogP contribution in [0.4, 0.5) is 19.0 Å². The van der Waals surface area contributed by atoms with Crippen molar-refractivity contribution in [3.63, 3.8) is 0 Å². The summed E-state index contributed by atoms with van der Waals surface area (Å²) in [6.07, 6.45) is -2.56. The van der Waals surface area contributed by atoms with Gasteiger partial charge in [0.05, 0.1) is 6.42 Å². The lowest BCUT2D eigenvalue weighted by atomic mass is 10.0. The molecular weight excluding hydrogens is 295 g/mol. The molecule has 1 aliphatic heterocycles. The highest BCUT2D eigenvalue weighted by molar-refractivity contribution is 5.76. The Bertz CT molecular complexity index is 485. The van der Waals surface area contributed by atoms with E-state index in [1.165, 1.54) is 4.90 Å². The first-order chi connectivity index (χ1) is 10.4. The zero-order valence-corrected chi connectivity index (χ0v) is 12.5. The molecule has 1 aromatic rings. The first-order valence-electron chi connectivity index (χ1n) is 7.35. The summed E-state index contributed by atoms with van der Waals surface area (Å²) in [5, 5.41) is 0. The predicted molar refractivity (Wildman–Crippen MR) is 77.5 cm³/mol. The molecule has 2 heterocycles. The van der Waals surface area contributed by atoms with Crippen LogP contribution in [0, 0.1) is 0 Å². The first-order valence-corrected chi connectivity index (χ1v) is 7.35. The van der Waals surface area contributed by atoms with Crippen LogP contribution >= 0.6 is 0 Å². The summed E-state index contributed by atoms with van der Waals surface area (Å²) in [6.45, 7) is 0.997. The molecule has 0 spiro atoms. The maximum atomic E-state index is 12.2. The lowest BCUT2D eigenvalue weighted by molar-refractivity contribution is -0.149. The van der Waals surface area contributed by atoms with E-state index in [2.05, 4.69) is 9.88 Å². The van der Waals surface area contributed by atoms with Crippen molar-refractivity contribution in [1.29, 1.82) is 0 Å². The number of halogens is 3. The molecule has 0 aromatic carbocycles. The van der Waals surface area contributed by atoms with Gasteiger partial charge in [-0.25, -0.2) is 4.98 Å². The zero-order chi connectivity index (χ0) is 16.2. The second-order valence-corrected chi connectivity index (χ2v) is 5.53. The summed E-state index contributed by atoms with van der Waals surface area (Å²) in [5.74, 6) is 0.459. The first kappa shape index (κ1) is 16.6. The predicted octanol–water partition coefficient (Wildman–Crippen LogP) is 2.85. The fourth-order valence-corrected chi connectivity index (χ4v) is 2.66. The average molecular weight is 315 g/mol. The van der Waals surface area contributed by atoms with Gasteiger partial charge < -0.3 is 9.80 Å². The van der Waals surface area contributed by atoms with Gasteiger partial charge in [-0.2, -0.15) is 13.2 Å². The van der Waals surface area contributed by atoms with E-state index in [0.717, 1.165) is 18.7 Å². The third-order valence-electron chi connectivity index (χ3n) is 4.00. The molecular formula is C15H20F3N3O. The van der Waals surface area contributed by atoms with Crippen LogP contribution in [0.25, 0.3) is 0 Å². The van der Waals surface area contributed by atoms with Crippen molar-refractivity contribution in [2.75, 3.05) is 25.0 Å². The maximum Gasteiger partial charge on any atom is 0.389 e. The Balaban J connectivity index is 1.81. The van der Waals surface area contributed by atoms with Crippen molar-refractivity contribution in [3.05, 3.63) is 24.4 Å². The highest BCUT2D eigenvalue weighted by Crippen LogP contribution is 2.24. The number of aromatic nitrogens is 1. The molecule has 1 fully saturated rings. The van der Waals surface area contributed by atoms with Gasteiger partial charge in [0.25, 0.3) is 0 Å². The number of anilines is 1. The van der Waals surface area contributed by atoms with Gasteiger partial charge in [0.1, 0.15) is 5.82 Å². The molecule has 0 saturated carbocycles. The Morgan fingerprint density at radius 3 is 2.59 bits per heavy atom. The number of hydrogen-bond donors (Lipinski definition) is 0. The molecule has 4 nitrogen and oxygen atoms in total. The second kappa shape index (κ2) is 6.98. The van der Waals surface area contributed by atoms with Crippen LogP contribution in [-0.2, 0) is 4.79 Å². The number of piperidine rings is 1. The number of rotatable bonds is 4. The molecule has 0 bridgehead atoms. The molecule has 1 aliphatic rings. The quantitative estimate of drug-likeness (QED) is 0.857. The molecule has 1 amide bonds. The van der Waals surface area contributed by atoms with E-state index < -0.39 is 24.9 Å². The molecule has 0 radical (unpaired) electrons. The molecule has 0 aliphatic carbocycles. The van der Waals surface area contributed by atoms with E-state index in [4.69, 9.17) is 0 Å². The fourth-order valence-electron chi connectivity index (χ4n) is 2.66. The molecule has 0 unspecified atom stereocenters. The van der Waals surface area contributed by atoms with Crippen molar-refractivity contribution < 1.29 is 18.0 Å². The van der Waals surface area contributed by atoms with Crippen molar-refractivity contribution in [1.82, 2.24) is 9.88 Å². The van der Waals surface area contributed by atoms with Gasteiger partial charge in [-0.05, 0) is 25.0 Å². The fraction of sp³-hybridized carbons (Fsp3) is 0.600. The van der Waals surface area contributed by atoms with E-state index in [1.54, 1.807) is 6.20 Å². The number of pyridine rings is 1. The standard InChI is InChI=1S/C15H20F3N3O/c1-20(13-4-2-3-9-19-13)12-6-10-21(11-7-12)14(22)5-8-15(16,17)18/h2-4,9,12H,5-8,10-11H2,1H3. The molecule has 1 saturated heterocycles. The number of carbonyl (C=O) groups is 1. The summed E-state index contributed by atoms with van der Waals surface area (Å²) >= 11 is 0. The third-order valence-corrected chi connectivity index (χ3v) is 4.00. The number of nitrogens with zero attached hydrogens (tertiary/aromatic N) is 3. The Kier molecular flexibility index (Phi) is 5.26. The van der Waals surface area contributed by atoms with Gasteiger partial charge in [0.15, 0.2) is 0 Å². The average Bonchev–Trinajstić information content (AvgIpc) is 2.52. The molecule has 1 aromatic heterocycles. The summed E-state index contributed by atoms with van der Waals surface area (Å²) in [4.78, 5) is 19.7. The maximum absolute atomic E-state index is 12.2. The monoisotopic (exact) mass is 315 g/mol. The van der Waals surface area contributed by atoms with Gasteiger partial charge in [0.2, 0.25) is 5.91 Å². The number of amides is 1. The van der Waals surface area contributed by atoms with E-state index in [0.29, 0.717) is 13.1 Å². The highest BCUT2D eigenvalue weighted by Gasteiger charge is 2.31. The van der Waals surface area contributed by atoms with Gasteiger partial charge in [-0.3, -0.25) is 4.79 Å². The minimum absolute atomic E-state index is 0.251. The topological polar surface area (TPSA) is 36.4 Å². The van der Waals surface area contributed by atoms with Crippen LogP contribution in [0.1, 0.15) is 25.7 Å². The molecule has 7 heteroatoms. The van der Waals surface area contributed by atoms with Crippen LogP contribution in [0.2, 0.25) is 0 Å². The molecule has 0 atom stereocenters. The van der Waals surface area contributed by atoms with E-state index in [-0.39, 0.29) is 6.04 Å². The van der Waals surface area contributed by atoms with E-state index >= 15 is 0 Å². The summed E-state index contributed by atoms with van der Waals surface area (Å²) in [6, 6.07) is 5.93. The Hall–Kier alpha value is -1.79. The Labute approximate surface area is 127 Å². The summed E-state index contributed by atoms with van der Waals surface area (Å²) in [5.41, 5.74) is 0. The Morgan fingerprint density at radius 1 is 1.36 bits per heavy atom. The minimum Gasteiger partial charge on any atom is -0.357 e. The van der Waals surface area contributed by atoms with Crippen LogP contribution in [-0.4, -0.2) is 48.1 Å². The lowest BCUT2D eigenvalue weighted by Gasteiger charge is -2.37. The van der Waals surface area contributed by atoms with Crippen LogP contribution in [0.15, 0.2) is 24.4 Å². The normalized spacial score (nSPS) is 16.6. The number of alkyl halides is 3. The summed E-state index contributed by atoms with van der Waals surface area (Å²) < 4.78 is 36.5. The van der Waals surface area contributed by atoms with Gasteiger partial charge in [0, 0.05) is 38.8 Å². The lowest BCUT2D eigenvalue weighted by Crippen LogP contribution is -2.46. The van der Waals surface area contributed by atoms with Crippen molar-refractivity contribution in [3.8, 4) is 0 Å². The van der Waals surface area contributed by atoms with Crippen LogP contribution in [0.3, 0.4) is 0 Å². The van der Waals surface area contributed by atoms with Gasteiger partial charge >= 0.3 is 6.18 Å². The van der Waals surface area contributed by atoms with E-state index in [9.17, 15) is 18.0 Å². The van der Waals surface area contributed by atoms with Crippen LogP contribution in [0.5, 0.6) is 0 Å². The Morgan fingerprint density at radius 2 is 2.05 bits per heavy atom. The minimum atomic E-state index is -4.27. The third kappa shape index (κ3) is 4.61. The SMILES string of the molecule is CN(c1ccccn1)C1CCN(C(=O)CCC(F)(F)F)CC1. The number of carbonyl (C=O) groups excluding carboxylic acids is 1. The van der Waals surface area contributed by atoms with Gasteiger partial charge in [-0.15, -0.1) is 0 Å². The molecule has 2 rings (SSSR count). The largest absolute Gasteiger partial charge is 0.389 e. The van der Waals surface area contributed by atoms with Crippen molar-refractivity contribution in [2.24, 2.45) is 0 Å². The number of hydrogen-bond acceptors (Lipinski definition) is 3. The second-order valence-electron chi connectivity index (χ2n) is 5.53. The molecule has 0 N–H and O–H groups in total. The van der Waals surface area contributed by atoms with Crippen molar-refractivity contribution >= 4 is 11.7 Å². The van der Waals surface area contributed by atoms with Crippen molar-refractivity contribution in [2.45, 2.75) is 37.9 Å². The molecule has 22 heavy (non-hydrogen) atoms. The van der Waals surface area contributed by atoms with E-state index in [1.807, 2.05) is 25.2 Å². The highest BCUT2D eigenvalue weighted by atomic mass is 19.4. The van der Waals surface area contributed by atoms with Gasteiger partial charge in [-0.1, -0.05) is 6.07 Å². The number of likely N-dealkylation sites (tertiary alicyclic amines) is 1. The van der Waals surface area contributed by atoms with Crippen LogP contribution < -0.4 is 4.90 Å². The molecule has 122 valence electrons. The zero-order valence-electron chi connectivity index (χ0n) is 12.5.